The number of nitrogens with one attached hydrogen (secondary N) is 1. The molecule has 0 aromatic heterocycles. The van der Waals surface area contributed by atoms with Gasteiger partial charge in [-0.1, -0.05) is 0 Å². The SMILES string of the molecule is COc1cc(NC(=O)CN(C)C(=O)C(C)N)cc(OC)c1. The highest BCUT2D eigenvalue weighted by atomic mass is 16.5. The van der Waals surface area contributed by atoms with Crippen molar-refractivity contribution in [3.05, 3.63) is 18.2 Å². The van der Waals surface area contributed by atoms with E-state index in [1.54, 1.807) is 25.1 Å². The summed E-state index contributed by atoms with van der Waals surface area (Å²) in [7, 11) is 4.57. The molecule has 0 heterocycles. The molecule has 0 aliphatic carbocycles. The molecule has 0 saturated carbocycles. The summed E-state index contributed by atoms with van der Waals surface area (Å²) >= 11 is 0. The van der Waals surface area contributed by atoms with E-state index in [2.05, 4.69) is 5.32 Å². The van der Waals surface area contributed by atoms with Crippen LogP contribution in [0, 0.1) is 0 Å². The molecule has 3 N–H and O–H groups in total. The Kier molecular flexibility index (Phi) is 5.98. The Labute approximate surface area is 124 Å². The summed E-state index contributed by atoms with van der Waals surface area (Å²) in [5.74, 6) is 0.490. The van der Waals surface area contributed by atoms with Gasteiger partial charge in [0.15, 0.2) is 0 Å². The number of likely N-dealkylation sites (N-methyl/N-ethyl adjacent to an activating group) is 1. The highest BCUT2D eigenvalue weighted by molar-refractivity contribution is 5.95. The maximum Gasteiger partial charge on any atom is 0.243 e. The fraction of sp³-hybridized carbons (Fsp3) is 0.429. The first-order valence-electron chi connectivity index (χ1n) is 6.41. The van der Waals surface area contributed by atoms with E-state index in [9.17, 15) is 9.59 Å². The van der Waals surface area contributed by atoms with E-state index in [1.807, 2.05) is 0 Å². The molecule has 0 bridgehead atoms. The molecular formula is C14H21N3O4. The van der Waals surface area contributed by atoms with Crippen molar-refractivity contribution in [2.75, 3.05) is 33.1 Å². The Bertz CT molecular complexity index is 495. The molecule has 0 radical (unpaired) electrons. The van der Waals surface area contributed by atoms with Gasteiger partial charge in [-0.2, -0.15) is 0 Å². The molecule has 0 aliphatic heterocycles. The molecule has 1 aromatic carbocycles. The van der Waals surface area contributed by atoms with Crippen LogP contribution in [-0.4, -0.2) is 50.6 Å². The fourth-order valence-corrected chi connectivity index (χ4v) is 1.72. The zero-order valence-corrected chi connectivity index (χ0v) is 12.7. The molecule has 0 fully saturated rings. The van der Waals surface area contributed by atoms with Gasteiger partial charge in [-0.15, -0.1) is 0 Å². The molecule has 1 unspecified atom stereocenters. The van der Waals surface area contributed by atoms with Gasteiger partial charge in [-0.3, -0.25) is 9.59 Å². The molecule has 2 amide bonds. The largest absolute Gasteiger partial charge is 0.497 e. The van der Waals surface area contributed by atoms with Gasteiger partial charge < -0.3 is 25.4 Å². The second-order valence-electron chi connectivity index (χ2n) is 4.63. The van der Waals surface area contributed by atoms with E-state index >= 15 is 0 Å². The normalized spacial score (nSPS) is 11.5. The van der Waals surface area contributed by atoms with Crippen LogP contribution in [0.15, 0.2) is 18.2 Å². The third-order valence-electron chi connectivity index (χ3n) is 2.78. The van der Waals surface area contributed by atoms with Gasteiger partial charge in [-0.05, 0) is 6.92 Å². The maximum atomic E-state index is 11.9. The monoisotopic (exact) mass is 295 g/mol. The van der Waals surface area contributed by atoms with Crippen molar-refractivity contribution < 1.29 is 19.1 Å². The summed E-state index contributed by atoms with van der Waals surface area (Å²) in [5, 5.41) is 2.68. The minimum atomic E-state index is -0.639. The van der Waals surface area contributed by atoms with Crippen molar-refractivity contribution in [1.82, 2.24) is 4.90 Å². The summed E-state index contributed by atoms with van der Waals surface area (Å²) < 4.78 is 10.2. The van der Waals surface area contributed by atoms with Crippen molar-refractivity contribution in [3.8, 4) is 11.5 Å². The van der Waals surface area contributed by atoms with E-state index in [1.165, 1.54) is 26.2 Å². The molecule has 0 spiro atoms. The maximum absolute atomic E-state index is 11.9. The first kappa shape index (κ1) is 16.8. The van der Waals surface area contributed by atoms with Gasteiger partial charge in [0, 0.05) is 30.9 Å². The first-order chi connectivity index (χ1) is 9.87. The standard InChI is InChI=1S/C14H21N3O4/c1-9(15)14(19)17(2)8-13(18)16-10-5-11(20-3)7-12(6-10)21-4/h5-7,9H,8,15H2,1-4H3,(H,16,18). The quantitative estimate of drug-likeness (QED) is 0.794. The van der Waals surface area contributed by atoms with Crippen LogP contribution in [0.4, 0.5) is 5.69 Å². The molecule has 0 saturated heterocycles. The van der Waals surface area contributed by atoms with Crippen LogP contribution in [-0.2, 0) is 9.59 Å². The van der Waals surface area contributed by atoms with Crippen molar-refractivity contribution in [3.63, 3.8) is 0 Å². The predicted molar refractivity (Wildman–Crippen MR) is 79.5 cm³/mol. The highest BCUT2D eigenvalue weighted by Crippen LogP contribution is 2.25. The van der Waals surface area contributed by atoms with Crippen LogP contribution >= 0.6 is 0 Å². The van der Waals surface area contributed by atoms with Crippen LogP contribution in [0.2, 0.25) is 0 Å². The Morgan fingerprint density at radius 2 is 1.76 bits per heavy atom. The Balaban J connectivity index is 2.72. The number of hydrogen-bond acceptors (Lipinski definition) is 5. The van der Waals surface area contributed by atoms with Crippen LogP contribution in [0.5, 0.6) is 11.5 Å². The third kappa shape index (κ3) is 4.96. The Morgan fingerprint density at radius 3 is 2.19 bits per heavy atom. The zero-order valence-electron chi connectivity index (χ0n) is 12.7. The number of carbonyl (C=O) groups excluding carboxylic acids is 2. The number of nitrogens with two attached hydrogens (primary N) is 1. The van der Waals surface area contributed by atoms with Crippen LogP contribution in [0.1, 0.15) is 6.92 Å². The van der Waals surface area contributed by atoms with E-state index < -0.39 is 6.04 Å². The molecule has 21 heavy (non-hydrogen) atoms. The Hall–Kier alpha value is -2.28. The minimum absolute atomic E-state index is 0.0834. The van der Waals surface area contributed by atoms with Crippen molar-refractivity contribution in [2.45, 2.75) is 13.0 Å². The first-order valence-corrected chi connectivity index (χ1v) is 6.41. The number of methoxy groups -OCH3 is 2. The van der Waals surface area contributed by atoms with Crippen molar-refractivity contribution in [2.24, 2.45) is 5.73 Å². The summed E-state index contributed by atoms with van der Waals surface area (Å²) in [6.07, 6.45) is 0. The number of ether oxygens (including phenoxy) is 2. The average Bonchev–Trinajstić information content (AvgIpc) is 2.45. The fourth-order valence-electron chi connectivity index (χ4n) is 1.72. The molecule has 7 heteroatoms. The van der Waals surface area contributed by atoms with Gasteiger partial charge in [0.25, 0.3) is 0 Å². The average molecular weight is 295 g/mol. The lowest BCUT2D eigenvalue weighted by molar-refractivity contribution is -0.134. The number of amides is 2. The van der Waals surface area contributed by atoms with Gasteiger partial charge in [-0.25, -0.2) is 0 Å². The van der Waals surface area contributed by atoms with Crippen molar-refractivity contribution in [1.29, 1.82) is 0 Å². The van der Waals surface area contributed by atoms with Gasteiger partial charge in [0.05, 0.1) is 26.8 Å². The number of anilines is 1. The van der Waals surface area contributed by atoms with Crippen molar-refractivity contribution >= 4 is 17.5 Å². The highest BCUT2D eigenvalue weighted by Gasteiger charge is 2.16. The second kappa shape index (κ2) is 7.49. The third-order valence-corrected chi connectivity index (χ3v) is 2.78. The predicted octanol–water partition coefficient (Wildman–Crippen LogP) is 0.448. The summed E-state index contributed by atoms with van der Waals surface area (Å²) in [5.41, 5.74) is 6.01. The van der Waals surface area contributed by atoms with Crippen LogP contribution in [0.3, 0.4) is 0 Å². The number of nitrogens with zero attached hydrogens (tertiary/aromatic N) is 1. The van der Waals surface area contributed by atoms with Gasteiger partial charge in [0.1, 0.15) is 11.5 Å². The number of benzene rings is 1. The summed E-state index contributed by atoms with van der Waals surface area (Å²) in [6, 6.07) is 4.38. The van der Waals surface area contributed by atoms with Crippen LogP contribution in [0.25, 0.3) is 0 Å². The number of carbonyl (C=O) groups is 2. The lowest BCUT2D eigenvalue weighted by atomic mass is 10.2. The van der Waals surface area contributed by atoms with Gasteiger partial charge in [0.2, 0.25) is 11.8 Å². The van der Waals surface area contributed by atoms with E-state index in [4.69, 9.17) is 15.2 Å². The second-order valence-corrected chi connectivity index (χ2v) is 4.63. The molecule has 7 nitrogen and oxygen atoms in total. The molecule has 0 aliphatic rings. The number of rotatable bonds is 6. The van der Waals surface area contributed by atoms with E-state index in [0.29, 0.717) is 17.2 Å². The van der Waals surface area contributed by atoms with Crippen LogP contribution < -0.4 is 20.5 Å². The summed E-state index contributed by atoms with van der Waals surface area (Å²) in [4.78, 5) is 24.8. The molecule has 116 valence electrons. The lowest BCUT2D eigenvalue weighted by Crippen LogP contribution is -2.43. The zero-order chi connectivity index (χ0) is 16.0. The molecular weight excluding hydrogens is 274 g/mol. The summed E-state index contributed by atoms with van der Waals surface area (Å²) in [6.45, 7) is 1.49. The smallest absolute Gasteiger partial charge is 0.243 e. The Morgan fingerprint density at radius 1 is 1.24 bits per heavy atom. The lowest BCUT2D eigenvalue weighted by Gasteiger charge is -2.19. The van der Waals surface area contributed by atoms with E-state index in [0.717, 1.165) is 0 Å². The topological polar surface area (TPSA) is 93.9 Å². The molecule has 1 rings (SSSR count). The van der Waals surface area contributed by atoms with Gasteiger partial charge >= 0.3 is 0 Å². The molecule has 1 aromatic rings. The number of hydrogen-bond donors (Lipinski definition) is 2. The minimum Gasteiger partial charge on any atom is -0.497 e. The molecule has 1 atom stereocenters. The van der Waals surface area contributed by atoms with E-state index in [-0.39, 0.29) is 18.4 Å².